The number of hydrogen-bond acceptors (Lipinski definition) is 4. The van der Waals surface area contributed by atoms with E-state index in [2.05, 4.69) is 52.0 Å². The molecule has 28 heavy (non-hydrogen) atoms. The number of nitrogens with zero attached hydrogens (tertiary/aromatic N) is 4. The number of benzene rings is 2. The van der Waals surface area contributed by atoms with Crippen molar-refractivity contribution < 1.29 is 0 Å². The van der Waals surface area contributed by atoms with Gasteiger partial charge >= 0.3 is 0 Å². The normalized spacial score (nSPS) is 14.7. The molecule has 1 aromatic heterocycles. The van der Waals surface area contributed by atoms with Crippen LogP contribution in [0.1, 0.15) is 60.5 Å². The van der Waals surface area contributed by atoms with Crippen LogP contribution in [0.2, 0.25) is 0 Å². The Kier molecular flexibility index (Phi) is 5.78. The standard InChI is InChI=1S/C23H24N4S/c1-17-7-5-6-10-21(17)27-22(20-8-3-2-4-9-20)25-26-23(27)28-16-19-13-11-18(15-24)12-14-19/h5-7,10-14,20H,2-4,8-9,16H2,1H3. The largest absolute Gasteiger partial charge is 0.274 e. The second kappa shape index (κ2) is 8.62. The van der Waals surface area contributed by atoms with Crippen LogP contribution in [0.3, 0.4) is 0 Å². The highest BCUT2D eigenvalue weighted by Crippen LogP contribution is 2.36. The second-order valence-corrected chi connectivity index (χ2v) is 8.34. The first-order chi connectivity index (χ1) is 13.8. The van der Waals surface area contributed by atoms with Crippen molar-refractivity contribution in [1.29, 1.82) is 5.26 Å². The first-order valence-electron chi connectivity index (χ1n) is 9.89. The van der Waals surface area contributed by atoms with Gasteiger partial charge in [0.05, 0.1) is 17.3 Å². The first kappa shape index (κ1) is 18.8. The maximum absolute atomic E-state index is 8.97. The van der Waals surface area contributed by atoms with Crippen LogP contribution < -0.4 is 0 Å². The predicted molar refractivity (Wildman–Crippen MR) is 113 cm³/mol. The molecule has 5 heteroatoms. The summed E-state index contributed by atoms with van der Waals surface area (Å²) in [4.78, 5) is 0. The van der Waals surface area contributed by atoms with Gasteiger partial charge in [0.25, 0.3) is 0 Å². The number of para-hydroxylation sites is 1. The van der Waals surface area contributed by atoms with Crippen molar-refractivity contribution in [3.8, 4) is 11.8 Å². The fourth-order valence-corrected chi connectivity index (χ4v) is 4.77. The van der Waals surface area contributed by atoms with Crippen LogP contribution >= 0.6 is 11.8 Å². The summed E-state index contributed by atoms with van der Waals surface area (Å²) < 4.78 is 2.28. The average molecular weight is 389 g/mol. The molecular formula is C23H24N4S. The Balaban J connectivity index is 1.65. The van der Waals surface area contributed by atoms with E-state index in [-0.39, 0.29) is 0 Å². The van der Waals surface area contributed by atoms with Crippen molar-refractivity contribution in [2.45, 2.75) is 55.9 Å². The second-order valence-electron chi connectivity index (χ2n) is 7.40. The smallest absolute Gasteiger partial charge is 0.196 e. The van der Waals surface area contributed by atoms with Crippen LogP contribution in [0.5, 0.6) is 0 Å². The van der Waals surface area contributed by atoms with Crippen LogP contribution in [-0.4, -0.2) is 14.8 Å². The topological polar surface area (TPSA) is 54.5 Å². The molecular weight excluding hydrogens is 364 g/mol. The van der Waals surface area contributed by atoms with Crippen molar-refractivity contribution in [3.05, 3.63) is 71.0 Å². The summed E-state index contributed by atoms with van der Waals surface area (Å²) in [5, 5.41) is 19.1. The van der Waals surface area contributed by atoms with Crippen molar-refractivity contribution in [2.24, 2.45) is 0 Å². The van der Waals surface area contributed by atoms with Gasteiger partial charge in [0, 0.05) is 11.7 Å². The molecule has 0 spiro atoms. The third-order valence-corrected chi connectivity index (χ3v) is 6.44. The Hall–Kier alpha value is -2.58. The van der Waals surface area contributed by atoms with E-state index in [4.69, 9.17) is 5.26 Å². The van der Waals surface area contributed by atoms with Gasteiger partial charge in [0.15, 0.2) is 5.16 Å². The molecule has 142 valence electrons. The number of rotatable bonds is 5. The molecule has 2 aromatic carbocycles. The molecule has 4 nitrogen and oxygen atoms in total. The van der Waals surface area contributed by atoms with Crippen molar-refractivity contribution in [3.63, 3.8) is 0 Å². The Morgan fingerprint density at radius 1 is 1.04 bits per heavy atom. The van der Waals surface area contributed by atoms with Gasteiger partial charge in [0.2, 0.25) is 0 Å². The molecule has 0 saturated heterocycles. The Bertz CT molecular complexity index is 979. The van der Waals surface area contributed by atoms with Gasteiger partial charge < -0.3 is 0 Å². The van der Waals surface area contributed by atoms with Gasteiger partial charge in [-0.25, -0.2) is 0 Å². The Morgan fingerprint density at radius 3 is 2.50 bits per heavy atom. The summed E-state index contributed by atoms with van der Waals surface area (Å²) in [6.45, 7) is 2.15. The molecule has 0 radical (unpaired) electrons. The van der Waals surface area contributed by atoms with Gasteiger partial charge in [0.1, 0.15) is 5.82 Å². The molecule has 1 heterocycles. The molecule has 0 N–H and O–H groups in total. The number of hydrogen-bond donors (Lipinski definition) is 0. The van der Waals surface area contributed by atoms with E-state index in [0.29, 0.717) is 11.5 Å². The molecule has 0 aliphatic heterocycles. The summed E-state index contributed by atoms with van der Waals surface area (Å²) in [7, 11) is 0. The molecule has 1 aliphatic carbocycles. The van der Waals surface area contributed by atoms with Gasteiger partial charge in [-0.2, -0.15) is 5.26 Å². The highest BCUT2D eigenvalue weighted by Gasteiger charge is 2.24. The molecule has 1 saturated carbocycles. The lowest BCUT2D eigenvalue weighted by Crippen LogP contribution is -2.12. The fourth-order valence-electron chi connectivity index (χ4n) is 3.86. The molecule has 0 amide bonds. The molecule has 0 atom stereocenters. The molecule has 4 rings (SSSR count). The van der Waals surface area contributed by atoms with Gasteiger partial charge in [-0.3, -0.25) is 4.57 Å². The third-order valence-electron chi connectivity index (χ3n) is 5.44. The Morgan fingerprint density at radius 2 is 1.79 bits per heavy atom. The van der Waals surface area contributed by atoms with Crippen molar-refractivity contribution >= 4 is 11.8 Å². The lowest BCUT2D eigenvalue weighted by atomic mass is 9.88. The zero-order valence-electron chi connectivity index (χ0n) is 16.1. The maximum Gasteiger partial charge on any atom is 0.196 e. The summed E-state index contributed by atoms with van der Waals surface area (Å²) >= 11 is 1.71. The molecule has 1 aliphatic rings. The Labute approximate surface area is 170 Å². The minimum atomic E-state index is 0.491. The number of nitriles is 1. The van der Waals surface area contributed by atoms with E-state index in [1.165, 1.54) is 48.9 Å². The lowest BCUT2D eigenvalue weighted by molar-refractivity contribution is 0.423. The van der Waals surface area contributed by atoms with Crippen LogP contribution in [0, 0.1) is 18.3 Å². The maximum atomic E-state index is 8.97. The van der Waals surface area contributed by atoms with Crippen molar-refractivity contribution in [1.82, 2.24) is 14.8 Å². The zero-order chi connectivity index (χ0) is 19.3. The van der Waals surface area contributed by atoms with E-state index in [1.807, 2.05) is 24.3 Å². The molecule has 1 fully saturated rings. The molecule has 0 unspecified atom stereocenters. The SMILES string of the molecule is Cc1ccccc1-n1c(SCc2ccc(C#N)cc2)nnc1C1CCCCC1. The number of thioether (sulfide) groups is 1. The van der Waals surface area contributed by atoms with E-state index >= 15 is 0 Å². The average Bonchev–Trinajstić information content (AvgIpc) is 3.17. The van der Waals surface area contributed by atoms with Gasteiger partial charge in [-0.05, 0) is 49.1 Å². The summed E-state index contributed by atoms with van der Waals surface area (Å²) in [5.74, 6) is 2.40. The molecule has 3 aromatic rings. The highest BCUT2D eigenvalue weighted by atomic mass is 32.2. The summed E-state index contributed by atoms with van der Waals surface area (Å²) in [6.07, 6.45) is 6.28. The third kappa shape index (κ3) is 3.98. The number of aromatic nitrogens is 3. The predicted octanol–water partition coefficient (Wildman–Crippen LogP) is 5.79. The van der Waals surface area contributed by atoms with E-state index in [0.717, 1.165) is 16.7 Å². The lowest BCUT2D eigenvalue weighted by Gasteiger charge is -2.22. The van der Waals surface area contributed by atoms with Crippen molar-refractivity contribution in [2.75, 3.05) is 0 Å². The van der Waals surface area contributed by atoms with Crippen LogP contribution in [0.25, 0.3) is 5.69 Å². The quantitative estimate of drug-likeness (QED) is 0.519. The first-order valence-corrected chi connectivity index (χ1v) is 10.9. The van der Waals surface area contributed by atoms with Crippen LogP contribution in [0.4, 0.5) is 0 Å². The number of aryl methyl sites for hydroxylation is 1. The fraction of sp³-hybridized carbons (Fsp3) is 0.348. The van der Waals surface area contributed by atoms with E-state index < -0.39 is 0 Å². The summed E-state index contributed by atoms with van der Waals surface area (Å²) in [5.41, 5.74) is 4.29. The van der Waals surface area contributed by atoms with E-state index in [9.17, 15) is 0 Å². The molecule has 0 bridgehead atoms. The minimum absolute atomic E-state index is 0.491. The van der Waals surface area contributed by atoms with Crippen LogP contribution in [-0.2, 0) is 5.75 Å². The highest BCUT2D eigenvalue weighted by molar-refractivity contribution is 7.98. The monoisotopic (exact) mass is 388 g/mol. The van der Waals surface area contributed by atoms with Gasteiger partial charge in [-0.15, -0.1) is 10.2 Å². The summed E-state index contributed by atoms with van der Waals surface area (Å²) in [6, 6.07) is 18.4. The van der Waals surface area contributed by atoms with E-state index in [1.54, 1.807) is 11.8 Å². The van der Waals surface area contributed by atoms with Crippen LogP contribution in [0.15, 0.2) is 53.7 Å². The van der Waals surface area contributed by atoms with Gasteiger partial charge in [-0.1, -0.05) is 61.4 Å². The zero-order valence-corrected chi connectivity index (χ0v) is 17.0. The minimum Gasteiger partial charge on any atom is -0.274 e.